The third-order valence-corrected chi connectivity index (χ3v) is 4.90. The molecule has 2 atom stereocenters. The van der Waals surface area contributed by atoms with Crippen molar-refractivity contribution < 1.29 is 14.3 Å². The fraction of sp³-hybridized carbons (Fsp3) is 0.909. The fourth-order valence-corrected chi connectivity index (χ4v) is 3.40. The SMILES string of the molecule is CCCCCCCCCCCCCCC[C@H](OC(C)=O)[C@H](C)NC(C)=O. The summed E-state index contributed by atoms with van der Waals surface area (Å²) >= 11 is 0. The minimum atomic E-state index is -0.276. The van der Waals surface area contributed by atoms with Crippen molar-refractivity contribution in [2.75, 3.05) is 0 Å². The topological polar surface area (TPSA) is 55.4 Å². The van der Waals surface area contributed by atoms with Gasteiger partial charge in [0.25, 0.3) is 0 Å². The van der Waals surface area contributed by atoms with Gasteiger partial charge in [0.1, 0.15) is 6.10 Å². The van der Waals surface area contributed by atoms with Crippen molar-refractivity contribution >= 4 is 11.9 Å². The van der Waals surface area contributed by atoms with Crippen molar-refractivity contribution in [1.29, 1.82) is 0 Å². The quantitative estimate of drug-likeness (QED) is 0.255. The van der Waals surface area contributed by atoms with Gasteiger partial charge in [-0.1, -0.05) is 84.0 Å². The normalized spacial score (nSPS) is 13.2. The van der Waals surface area contributed by atoms with Crippen molar-refractivity contribution in [3.05, 3.63) is 0 Å². The molecule has 0 unspecified atom stereocenters. The minimum Gasteiger partial charge on any atom is -0.460 e. The Balaban J connectivity index is 3.60. The van der Waals surface area contributed by atoms with Gasteiger partial charge in [-0.3, -0.25) is 9.59 Å². The van der Waals surface area contributed by atoms with E-state index in [4.69, 9.17) is 4.74 Å². The van der Waals surface area contributed by atoms with Crippen LogP contribution >= 0.6 is 0 Å². The first-order chi connectivity index (χ1) is 12.5. The summed E-state index contributed by atoms with van der Waals surface area (Å²) in [6, 6.07) is -0.131. The van der Waals surface area contributed by atoms with E-state index in [1.54, 1.807) is 0 Å². The van der Waals surface area contributed by atoms with Crippen molar-refractivity contribution in [3.8, 4) is 0 Å². The van der Waals surface area contributed by atoms with Gasteiger partial charge < -0.3 is 10.1 Å². The molecule has 0 aliphatic rings. The average molecular weight is 370 g/mol. The first-order valence-corrected chi connectivity index (χ1v) is 10.9. The van der Waals surface area contributed by atoms with E-state index in [2.05, 4.69) is 12.2 Å². The second kappa shape index (κ2) is 17.4. The van der Waals surface area contributed by atoms with Crippen LogP contribution in [0.1, 0.15) is 118 Å². The fourth-order valence-electron chi connectivity index (χ4n) is 3.40. The Bertz CT molecular complexity index is 357. The third-order valence-electron chi connectivity index (χ3n) is 4.90. The predicted octanol–water partition coefficient (Wildman–Crippen LogP) is 5.92. The van der Waals surface area contributed by atoms with E-state index < -0.39 is 0 Å². The van der Waals surface area contributed by atoms with Gasteiger partial charge in [-0.05, 0) is 19.8 Å². The summed E-state index contributed by atoms with van der Waals surface area (Å²) < 4.78 is 5.37. The number of carbonyl (C=O) groups is 2. The first kappa shape index (κ1) is 24.9. The van der Waals surface area contributed by atoms with Crippen molar-refractivity contribution in [1.82, 2.24) is 5.32 Å². The maximum atomic E-state index is 11.2. The Morgan fingerprint density at radius 1 is 0.769 bits per heavy atom. The van der Waals surface area contributed by atoms with E-state index in [-0.39, 0.29) is 24.0 Å². The molecule has 4 nitrogen and oxygen atoms in total. The lowest BCUT2D eigenvalue weighted by atomic mass is 10.0. The van der Waals surface area contributed by atoms with Crippen LogP contribution in [0.4, 0.5) is 0 Å². The number of hydrogen-bond acceptors (Lipinski definition) is 3. The van der Waals surface area contributed by atoms with Crippen LogP contribution in [-0.2, 0) is 14.3 Å². The number of hydrogen-bond donors (Lipinski definition) is 1. The van der Waals surface area contributed by atoms with Gasteiger partial charge in [-0.15, -0.1) is 0 Å². The lowest BCUT2D eigenvalue weighted by molar-refractivity contribution is -0.148. The molecule has 0 aromatic heterocycles. The van der Waals surface area contributed by atoms with Gasteiger partial charge in [-0.25, -0.2) is 0 Å². The predicted molar refractivity (Wildman–Crippen MR) is 109 cm³/mol. The van der Waals surface area contributed by atoms with Crippen molar-refractivity contribution in [2.45, 2.75) is 130 Å². The molecule has 4 heteroatoms. The van der Waals surface area contributed by atoms with E-state index in [9.17, 15) is 9.59 Å². The van der Waals surface area contributed by atoms with Crippen LogP contribution in [0.25, 0.3) is 0 Å². The number of rotatable bonds is 17. The summed E-state index contributed by atoms with van der Waals surface area (Å²) in [6.45, 7) is 7.08. The summed E-state index contributed by atoms with van der Waals surface area (Å²) in [5.41, 5.74) is 0. The molecule has 0 fully saturated rings. The highest BCUT2D eigenvalue weighted by atomic mass is 16.5. The Kier molecular flexibility index (Phi) is 16.7. The summed E-state index contributed by atoms with van der Waals surface area (Å²) in [6.07, 6.45) is 17.8. The molecular formula is C22H43NO3. The number of nitrogens with one attached hydrogen (secondary N) is 1. The molecule has 0 saturated carbocycles. The van der Waals surface area contributed by atoms with Crippen LogP contribution in [0.2, 0.25) is 0 Å². The molecule has 26 heavy (non-hydrogen) atoms. The van der Waals surface area contributed by atoms with Crippen molar-refractivity contribution in [3.63, 3.8) is 0 Å². The molecule has 0 aromatic rings. The molecule has 0 heterocycles. The molecule has 154 valence electrons. The van der Waals surface area contributed by atoms with Crippen LogP contribution in [0.5, 0.6) is 0 Å². The maximum Gasteiger partial charge on any atom is 0.302 e. The Morgan fingerprint density at radius 3 is 1.58 bits per heavy atom. The monoisotopic (exact) mass is 369 g/mol. The highest BCUT2D eigenvalue weighted by Gasteiger charge is 2.20. The number of ether oxygens (including phenoxy) is 1. The molecule has 0 rings (SSSR count). The van der Waals surface area contributed by atoms with Gasteiger partial charge in [0, 0.05) is 13.8 Å². The molecule has 0 bridgehead atoms. The highest BCUT2D eigenvalue weighted by Crippen LogP contribution is 2.15. The maximum absolute atomic E-state index is 11.2. The zero-order chi connectivity index (χ0) is 19.6. The van der Waals surface area contributed by atoms with Crippen LogP contribution in [0.3, 0.4) is 0 Å². The van der Waals surface area contributed by atoms with E-state index in [1.165, 1.54) is 90.9 Å². The smallest absolute Gasteiger partial charge is 0.302 e. The summed E-state index contributed by atoms with van der Waals surface area (Å²) in [5.74, 6) is -0.359. The largest absolute Gasteiger partial charge is 0.460 e. The van der Waals surface area contributed by atoms with E-state index in [0.717, 1.165) is 12.8 Å². The second-order valence-corrected chi connectivity index (χ2v) is 7.67. The van der Waals surface area contributed by atoms with Gasteiger partial charge in [0.15, 0.2) is 0 Å². The molecule has 0 aliphatic heterocycles. The van der Waals surface area contributed by atoms with Crippen LogP contribution < -0.4 is 5.32 Å². The summed E-state index contributed by atoms with van der Waals surface area (Å²) in [7, 11) is 0. The summed E-state index contributed by atoms with van der Waals surface area (Å²) in [5, 5.41) is 2.83. The average Bonchev–Trinajstić information content (AvgIpc) is 2.57. The molecule has 1 amide bonds. The number of unbranched alkanes of at least 4 members (excludes halogenated alkanes) is 12. The van der Waals surface area contributed by atoms with E-state index >= 15 is 0 Å². The number of carbonyl (C=O) groups excluding carboxylic acids is 2. The Hall–Kier alpha value is -1.06. The lowest BCUT2D eigenvalue weighted by Gasteiger charge is -2.24. The van der Waals surface area contributed by atoms with Gasteiger partial charge in [0.05, 0.1) is 6.04 Å². The third kappa shape index (κ3) is 16.4. The van der Waals surface area contributed by atoms with Crippen LogP contribution in [0, 0.1) is 0 Å². The first-order valence-electron chi connectivity index (χ1n) is 10.9. The number of amides is 1. The Morgan fingerprint density at radius 2 is 1.19 bits per heavy atom. The molecule has 0 spiro atoms. The van der Waals surface area contributed by atoms with Gasteiger partial charge >= 0.3 is 5.97 Å². The summed E-state index contributed by atoms with van der Waals surface area (Å²) in [4.78, 5) is 22.4. The minimum absolute atomic E-state index is 0.0833. The molecule has 0 radical (unpaired) electrons. The molecular weight excluding hydrogens is 326 g/mol. The van der Waals surface area contributed by atoms with Gasteiger partial charge in [0.2, 0.25) is 5.91 Å². The zero-order valence-corrected chi connectivity index (χ0v) is 17.8. The van der Waals surface area contributed by atoms with Crippen molar-refractivity contribution in [2.24, 2.45) is 0 Å². The lowest BCUT2D eigenvalue weighted by Crippen LogP contribution is -2.42. The number of esters is 1. The van der Waals surface area contributed by atoms with E-state index in [0.29, 0.717) is 0 Å². The Labute approximate surface area is 161 Å². The standard InChI is InChI=1S/C22H43NO3/c1-5-6-7-8-9-10-11-12-13-14-15-16-17-18-22(26-21(4)25)19(2)23-20(3)24/h19,22H,5-18H2,1-4H3,(H,23,24)/t19-,22-/m0/s1. The van der Waals surface area contributed by atoms with Crippen LogP contribution in [0.15, 0.2) is 0 Å². The molecule has 0 aliphatic carbocycles. The zero-order valence-electron chi connectivity index (χ0n) is 17.8. The van der Waals surface area contributed by atoms with Crippen LogP contribution in [-0.4, -0.2) is 24.0 Å². The molecule has 0 aromatic carbocycles. The molecule has 0 saturated heterocycles. The van der Waals surface area contributed by atoms with Gasteiger partial charge in [-0.2, -0.15) is 0 Å². The highest BCUT2D eigenvalue weighted by molar-refractivity contribution is 5.73. The molecule has 1 N–H and O–H groups in total. The second-order valence-electron chi connectivity index (χ2n) is 7.67. The van der Waals surface area contributed by atoms with E-state index in [1.807, 2.05) is 6.92 Å².